The van der Waals surface area contributed by atoms with Crippen molar-refractivity contribution >= 4 is 22.7 Å². The minimum absolute atomic E-state index is 0.194. The average molecular weight is 376 g/mol. The second kappa shape index (κ2) is 7.76. The molecule has 1 fully saturated rings. The Bertz CT molecular complexity index is 938. The molecule has 4 rings (SSSR count). The van der Waals surface area contributed by atoms with E-state index in [9.17, 15) is 0 Å². The third-order valence-electron chi connectivity index (χ3n) is 5.91. The van der Waals surface area contributed by atoms with Crippen LogP contribution < -0.4 is 10.2 Å². The summed E-state index contributed by atoms with van der Waals surface area (Å²) in [6, 6.07) is 18.7. The number of rotatable bonds is 4. The van der Waals surface area contributed by atoms with Gasteiger partial charge in [0, 0.05) is 37.1 Å². The molecule has 0 saturated carbocycles. The summed E-state index contributed by atoms with van der Waals surface area (Å²) in [6.07, 6.45) is 1.09. The molecule has 0 bridgehead atoms. The summed E-state index contributed by atoms with van der Waals surface area (Å²) < 4.78 is 0. The zero-order valence-corrected chi connectivity index (χ0v) is 17.0. The number of likely N-dealkylation sites (N-methyl/N-ethyl adjacent to an activating group) is 1. The monoisotopic (exact) mass is 375 g/mol. The smallest absolute Gasteiger partial charge is 0.227 e. The van der Waals surface area contributed by atoms with Crippen molar-refractivity contribution in [2.45, 2.75) is 32.4 Å². The molecular weight excluding hydrogens is 346 g/mol. The summed E-state index contributed by atoms with van der Waals surface area (Å²) in [5.41, 5.74) is 2.42. The van der Waals surface area contributed by atoms with Crippen LogP contribution in [-0.4, -0.2) is 47.1 Å². The molecule has 28 heavy (non-hydrogen) atoms. The Morgan fingerprint density at radius 3 is 2.50 bits per heavy atom. The fourth-order valence-electron chi connectivity index (χ4n) is 3.61. The lowest BCUT2D eigenvalue weighted by atomic mass is 9.99. The zero-order chi connectivity index (χ0) is 19.6. The van der Waals surface area contributed by atoms with Gasteiger partial charge in [-0.05, 0) is 45.0 Å². The lowest BCUT2D eigenvalue weighted by Crippen LogP contribution is -2.41. The fraction of sp³-hybridized carbons (Fsp3) is 0.391. The maximum atomic E-state index is 4.94. The van der Waals surface area contributed by atoms with Gasteiger partial charge in [0.15, 0.2) is 0 Å². The van der Waals surface area contributed by atoms with Crippen molar-refractivity contribution in [3.8, 4) is 0 Å². The number of nitrogens with zero attached hydrogens (tertiary/aromatic N) is 4. The van der Waals surface area contributed by atoms with Crippen LogP contribution in [0.4, 0.5) is 11.8 Å². The molecule has 3 aromatic rings. The molecular formula is C23H29N5. The highest BCUT2D eigenvalue weighted by atomic mass is 15.3. The van der Waals surface area contributed by atoms with Crippen molar-refractivity contribution in [3.63, 3.8) is 0 Å². The Labute approximate surface area is 167 Å². The predicted octanol–water partition coefficient (Wildman–Crippen LogP) is 4.16. The normalized spacial score (nSPS) is 17.5. The van der Waals surface area contributed by atoms with Crippen molar-refractivity contribution in [3.05, 3.63) is 60.2 Å². The van der Waals surface area contributed by atoms with Gasteiger partial charge in [-0.3, -0.25) is 4.90 Å². The molecule has 0 atom stereocenters. The standard InChI is InChI=1S/C23H29N5/c1-23(2)13-14-28(16-15-27(23)3)22-25-20-12-8-7-11-19(20)21(26-22)24-17-18-9-5-4-6-10-18/h4-12H,13-17H2,1-3H3,(H,24,25,26). The van der Waals surface area contributed by atoms with E-state index in [1.807, 2.05) is 18.2 Å². The SMILES string of the molecule is CN1CCN(c2nc(NCc3ccccc3)c3ccccc3n2)CCC1(C)C. The molecule has 5 heteroatoms. The second-order valence-corrected chi connectivity index (χ2v) is 8.20. The molecule has 0 amide bonds. The van der Waals surface area contributed by atoms with Gasteiger partial charge in [-0.25, -0.2) is 4.98 Å². The van der Waals surface area contributed by atoms with Crippen LogP contribution in [-0.2, 0) is 6.54 Å². The number of para-hydroxylation sites is 1. The van der Waals surface area contributed by atoms with E-state index < -0.39 is 0 Å². The molecule has 0 unspecified atom stereocenters. The molecule has 2 heterocycles. The molecule has 1 aliphatic rings. The van der Waals surface area contributed by atoms with Gasteiger partial charge in [0.2, 0.25) is 5.95 Å². The number of fused-ring (bicyclic) bond motifs is 1. The first kappa shape index (κ1) is 18.7. The number of benzene rings is 2. The molecule has 1 saturated heterocycles. The van der Waals surface area contributed by atoms with E-state index in [2.05, 4.69) is 72.4 Å². The van der Waals surface area contributed by atoms with Crippen LogP contribution in [0.25, 0.3) is 10.9 Å². The number of hydrogen-bond donors (Lipinski definition) is 1. The number of nitrogens with one attached hydrogen (secondary N) is 1. The molecule has 2 aromatic carbocycles. The minimum Gasteiger partial charge on any atom is -0.365 e. The molecule has 1 N–H and O–H groups in total. The van der Waals surface area contributed by atoms with E-state index in [4.69, 9.17) is 9.97 Å². The summed E-state index contributed by atoms with van der Waals surface area (Å²) in [7, 11) is 2.21. The summed E-state index contributed by atoms with van der Waals surface area (Å²) in [4.78, 5) is 14.6. The number of aromatic nitrogens is 2. The van der Waals surface area contributed by atoms with Gasteiger partial charge in [0.25, 0.3) is 0 Å². The Hall–Kier alpha value is -2.66. The van der Waals surface area contributed by atoms with Crippen LogP contribution >= 0.6 is 0 Å². The van der Waals surface area contributed by atoms with Crippen molar-refractivity contribution in [2.75, 3.05) is 36.9 Å². The van der Waals surface area contributed by atoms with Crippen molar-refractivity contribution in [2.24, 2.45) is 0 Å². The average Bonchev–Trinajstić information content (AvgIpc) is 2.85. The first-order chi connectivity index (χ1) is 13.5. The van der Waals surface area contributed by atoms with Crippen LogP contribution in [0.1, 0.15) is 25.8 Å². The maximum absolute atomic E-state index is 4.94. The number of anilines is 2. The lowest BCUT2D eigenvalue weighted by molar-refractivity contribution is 0.166. The molecule has 5 nitrogen and oxygen atoms in total. The Morgan fingerprint density at radius 2 is 1.68 bits per heavy atom. The Kier molecular flexibility index (Phi) is 5.18. The van der Waals surface area contributed by atoms with E-state index in [1.165, 1.54) is 5.56 Å². The Morgan fingerprint density at radius 1 is 0.929 bits per heavy atom. The van der Waals surface area contributed by atoms with E-state index in [1.54, 1.807) is 0 Å². The maximum Gasteiger partial charge on any atom is 0.227 e. The third kappa shape index (κ3) is 3.94. The first-order valence-electron chi connectivity index (χ1n) is 10.0. The van der Waals surface area contributed by atoms with Crippen molar-refractivity contribution < 1.29 is 0 Å². The van der Waals surface area contributed by atoms with E-state index in [0.29, 0.717) is 0 Å². The van der Waals surface area contributed by atoms with Gasteiger partial charge in [-0.2, -0.15) is 4.98 Å². The summed E-state index contributed by atoms with van der Waals surface area (Å²) >= 11 is 0. The molecule has 1 aromatic heterocycles. The van der Waals surface area contributed by atoms with E-state index >= 15 is 0 Å². The molecule has 0 aliphatic carbocycles. The van der Waals surface area contributed by atoms with Crippen LogP contribution in [0.5, 0.6) is 0 Å². The summed E-state index contributed by atoms with van der Waals surface area (Å²) in [6.45, 7) is 8.28. The highest BCUT2D eigenvalue weighted by Gasteiger charge is 2.28. The van der Waals surface area contributed by atoms with Crippen LogP contribution in [0.15, 0.2) is 54.6 Å². The largest absolute Gasteiger partial charge is 0.365 e. The van der Waals surface area contributed by atoms with Crippen molar-refractivity contribution in [1.29, 1.82) is 0 Å². The predicted molar refractivity (Wildman–Crippen MR) is 117 cm³/mol. The van der Waals surface area contributed by atoms with Crippen LogP contribution in [0.3, 0.4) is 0 Å². The quantitative estimate of drug-likeness (QED) is 0.742. The Balaban J connectivity index is 1.64. The highest BCUT2D eigenvalue weighted by molar-refractivity contribution is 5.90. The third-order valence-corrected chi connectivity index (χ3v) is 5.91. The highest BCUT2D eigenvalue weighted by Crippen LogP contribution is 2.27. The molecule has 146 valence electrons. The van der Waals surface area contributed by atoms with Gasteiger partial charge in [0.05, 0.1) is 5.52 Å². The van der Waals surface area contributed by atoms with Crippen LogP contribution in [0, 0.1) is 0 Å². The van der Waals surface area contributed by atoms with E-state index in [-0.39, 0.29) is 5.54 Å². The van der Waals surface area contributed by atoms with Gasteiger partial charge >= 0.3 is 0 Å². The topological polar surface area (TPSA) is 44.3 Å². The minimum atomic E-state index is 0.194. The zero-order valence-electron chi connectivity index (χ0n) is 17.0. The molecule has 1 aliphatic heterocycles. The summed E-state index contributed by atoms with van der Waals surface area (Å²) in [5.74, 6) is 1.72. The second-order valence-electron chi connectivity index (χ2n) is 8.20. The van der Waals surface area contributed by atoms with E-state index in [0.717, 1.165) is 55.3 Å². The van der Waals surface area contributed by atoms with Gasteiger partial charge in [-0.1, -0.05) is 42.5 Å². The van der Waals surface area contributed by atoms with Gasteiger partial charge < -0.3 is 10.2 Å². The van der Waals surface area contributed by atoms with Gasteiger partial charge in [-0.15, -0.1) is 0 Å². The molecule has 0 spiro atoms. The van der Waals surface area contributed by atoms with Crippen molar-refractivity contribution in [1.82, 2.24) is 14.9 Å². The lowest BCUT2D eigenvalue weighted by Gasteiger charge is -2.32. The van der Waals surface area contributed by atoms with Gasteiger partial charge in [0.1, 0.15) is 5.82 Å². The summed E-state index contributed by atoms with van der Waals surface area (Å²) in [5, 5.41) is 4.60. The molecule has 0 radical (unpaired) electrons. The number of hydrogen-bond acceptors (Lipinski definition) is 5. The first-order valence-corrected chi connectivity index (χ1v) is 10.0. The van der Waals surface area contributed by atoms with Crippen LogP contribution in [0.2, 0.25) is 0 Å². The fourth-order valence-corrected chi connectivity index (χ4v) is 3.61.